The van der Waals surface area contributed by atoms with Gasteiger partial charge in [0.2, 0.25) is 0 Å². The van der Waals surface area contributed by atoms with E-state index in [0.29, 0.717) is 5.52 Å². The molecule has 0 aliphatic rings. The summed E-state index contributed by atoms with van der Waals surface area (Å²) in [6, 6.07) is 6.00. The van der Waals surface area contributed by atoms with Gasteiger partial charge in [-0.25, -0.2) is 4.79 Å². The predicted octanol–water partition coefficient (Wildman–Crippen LogP) is 3.43. The molecular formula is C13H10BrNO2. The number of aryl methyl sites for hydroxylation is 2. The van der Waals surface area contributed by atoms with E-state index in [4.69, 9.17) is 4.42 Å². The molecule has 3 rings (SSSR count). The normalized spacial score (nSPS) is 11.5. The minimum Gasteiger partial charge on any atom is -0.428 e. The number of rotatable bonds is 0. The standard InChI is InChI=1S/C13H10BrNO2/c1-7-6-17-13(16)12-8(2)10-5-9(14)3-4-11(10)15(7)12/h3-6H,1-2H3. The van der Waals surface area contributed by atoms with Crippen LogP contribution in [0.2, 0.25) is 0 Å². The van der Waals surface area contributed by atoms with Crippen LogP contribution in [0.25, 0.3) is 16.4 Å². The van der Waals surface area contributed by atoms with Crippen LogP contribution in [-0.4, -0.2) is 4.40 Å². The maximum atomic E-state index is 11.8. The highest BCUT2D eigenvalue weighted by molar-refractivity contribution is 9.10. The number of nitrogens with zero attached hydrogens (tertiary/aromatic N) is 1. The van der Waals surface area contributed by atoms with Crippen molar-refractivity contribution in [3.63, 3.8) is 0 Å². The Labute approximate surface area is 106 Å². The Kier molecular flexibility index (Phi) is 2.16. The van der Waals surface area contributed by atoms with E-state index < -0.39 is 0 Å². The molecule has 0 fully saturated rings. The molecule has 0 amide bonds. The minimum absolute atomic E-state index is 0.291. The fraction of sp³-hybridized carbons (Fsp3) is 0.154. The lowest BCUT2D eigenvalue weighted by Crippen LogP contribution is -2.05. The Morgan fingerprint density at radius 1 is 1.29 bits per heavy atom. The molecule has 0 N–H and O–H groups in total. The fourth-order valence-corrected chi connectivity index (χ4v) is 2.64. The Balaban J connectivity index is 2.73. The van der Waals surface area contributed by atoms with E-state index in [1.54, 1.807) is 0 Å². The number of hydrogen-bond donors (Lipinski definition) is 0. The molecule has 3 nitrogen and oxygen atoms in total. The Morgan fingerprint density at radius 2 is 2.06 bits per heavy atom. The number of benzene rings is 1. The summed E-state index contributed by atoms with van der Waals surface area (Å²) in [5, 5.41) is 1.07. The highest BCUT2D eigenvalue weighted by atomic mass is 79.9. The van der Waals surface area contributed by atoms with Crippen molar-refractivity contribution in [3.05, 3.63) is 50.6 Å². The van der Waals surface area contributed by atoms with Gasteiger partial charge < -0.3 is 8.82 Å². The first-order valence-corrected chi connectivity index (χ1v) is 6.07. The smallest absolute Gasteiger partial charge is 0.360 e. The summed E-state index contributed by atoms with van der Waals surface area (Å²) < 4.78 is 7.98. The zero-order valence-corrected chi connectivity index (χ0v) is 11.0. The van der Waals surface area contributed by atoms with Gasteiger partial charge in [0.15, 0.2) is 0 Å². The monoisotopic (exact) mass is 291 g/mol. The summed E-state index contributed by atoms with van der Waals surface area (Å²) in [4.78, 5) is 11.8. The van der Waals surface area contributed by atoms with Crippen molar-refractivity contribution in [1.29, 1.82) is 0 Å². The molecule has 0 radical (unpaired) electrons. The second-order valence-electron chi connectivity index (χ2n) is 4.14. The zero-order valence-electron chi connectivity index (χ0n) is 9.45. The van der Waals surface area contributed by atoms with E-state index in [-0.39, 0.29) is 5.63 Å². The summed E-state index contributed by atoms with van der Waals surface area (Å²) in [6.45, 7) is 3.87. The average molecular weight is 292 g/mol. The third-order valence-electron chi connectivity index (χ3n) is 3.06. The van der Waals surface area contributed by atoms with Crippen LogP contribution < -0.4 is 5.63 Å². The molecule has 0 atom stereocenters. The Bertz CT molecular complexity index is 798. The molecule has 1 aromatic carbocycles. The van der Waals surface area contributed by atoms with Crippen LogP contribution in [-0.2, 0) is 0 Å². The van der Waals surface area contributed by atoms with Gasteiger partial charge in [0.1, 0.15) is 11.8 Å². The predicted molar refractivity (Wildman–Crippen MR) is 70.6 cm³/mol. The van der Waals surface area contributed by atoms with Crippen molar-refractivity contribution in [2.75, 3.05) is 0 Å². The molecular weight excluding hydrogens is 282 g/mol. The van der Waals surface area contributed by atoms with E-state index in [1.807, 2.05) is 36.4 Å². The number of halogens is 1. The van der Waals surface area contributed by atoms with E-state index >= 15 is 0 Å². The lowest BCUT2D eigenvalue weighted by Gasteiger charge is -2.00. The first-order chi connectivity index (χ1) is 8.09. The van der Waals surface area contributed by atoms with Gasteiger partial charge in [-0.05, 0) is 37.6 Å². The number of aromatic nitrogens is 1. The Morgan fingerprint density at radius 3 is 2.82 bits per heavy atom. The van der Waals surface area contributed by atoms with Crippen molar-refractivity contribution in [2.24, 2.45) is 0 Å². The molecule has 86 valence electrons. The minimum atomic E-state index is -0.291. The molecule has 0 bridgehead atoms. The molecule has 3 aromatic rings. The summed E-state index contributed by atoms with van der Waals surface area (Å²) in [5.74, 6) is 0. The van der Waals surface area contributed by atoms with Gasteiger partial charge >= 0.3 is 5.63 Å². The van der Waals surface area contributed by atoms with Gasteiger partial charge in [-0.1, -0.05) is 15.9 Å². The molecule has 4 heteroatoms. The third kappa shape index (κ3) is 1.37. The summed E-state index contributed by atoms with van der Waals surface area (Å²) in [5.41, 5.74) is 3.24. The van der Waals surface area contributed by atoms with Crippen molar-refractivity contribution in [3.8, 4) is 0 Å². The number of fused-ring (bicyclic) bond motifs is 3. The molecule has 0 saturated carbocycles. The summed E-state index contributed by atoms with van der Waals surface area (Å²) >= 11 is 3.45. The van der Waals surface area contributed by atoms with Crippen LogP contribution >= 0.6 is 15.9 Å². The highest BCUT2D eigenvalue weighted by Gasteiger charge is 2.13. The first kappa shape index (κ1) is 10.6. The average Bonchev–Trinajstić information content (AvgIpc) is 2.59. The molecule has 17 heavy (non-hydrogen) atoms. The van der Waals surface area contributed by atoms with Gasteiger partial charge in [-0.2, -0.15) is 0 Å². The second kappa shape index (κ2) is 3.47. The summed E-state index contributed by atoms with van der Waals surface area (Å²) in [7, 11) is 0. The van der Waals surface area contributed by atoms with Gasteiger partial charge in [-0.3, -0.25) is 0 Å². The third-order valence-corrected chi connectivity index (χ3v) is 3.56. The molecule has 2 aromatic heterocycles. The highest BCUT2D eigenvalue weighted by Crippen LogP contribution is 2.27. The van der Waals surface area contributed by atoms with Gasteiger partial charge in [0.05, 0.1) is 11.2 Å². The van der Waals surface area contributed by atoms with E-state index in [0.717, 1.165) is 26.6 Å². The molecule has 0 aliphatic carbocycles. The van der Waals surface area contributed by atoms with Gasteiger partial charge in [0, 0.05) is 9.86 Å². The van der Waals surface area contributed by atoms with Crippen LogP contribution in [0.5, 0.6) is 0 Å². The second-order valence-corrected chi connectivity index (χ2v) is 5.05. The molecule has 0 unspecified atom stereocenters. The maximum Gasteiger partial charge on any atom is 0.360 e. The van der Waals surface area contributed by atoms with Crippen LogP contribution in [0, 0.1) is 13.8 Å². The molecule has 0 aliphatic heterocycles. The van der Waals surface area contributed by atoms with Gasteiger partial charge in [-0.15, -0.1) is 0 Å². The lowest BCUT2D eigenvalue weighted by molar-refractivity contribution is 0.504. The quantitative estimate of drug-likeness (QED) is 0.636. The topological polar surface area (TPSA) is 34.6 Å². The van der Waals surface area contributed by atoms with Gasteiger partial charge in [0.25, 0.3) is 0 Å². The van der Waals surface area contributed by atoms with Crippen LogP contribution in [0.4, 0.5) is 0 Å². The van der Waals surface area contributed by atoms with Crippen molar-refractivity contribution < 1.29 is 4.42 Å². The molecule has 0 spiro atoms. The van der Waals surface area contributed by atoms with Crippen molar-refractivity contribution >= 4 is 32.3 Å². The van der Waals surface area contributed by atoms with Crippen LogP contribution in [0.1, 0.15) is 11.3 Å². The number of hydrogen-bond acceptors (Lipinski definition) is 2. The molecule has 0 saturated heterocycles. The fourth-order valence-electron chi connectivity index (χ4n) is 2.28. The van der Waals surface area contributed by atoms with Crippen LogP contribution in [0.3, 0.4) is 0 Å². The van der Waals surface area contributed by atoms with E-state index in [1.165, 1.54) is 6.26 Å². The van der Waals surface area contributed by atoms with Crippen molar-refractivity contribution in [1.82, 2.24) is 4.40 Å². The van der Waals surface area contributed by atoms with Crippen molar-refractivity contribution in [2.45, 2.75) is 13.8 Å². The molecule has 2 heterocycles. The SMILES string of the molecule is Cc1c2cc(Br)ccc2n2c(C)coc(=O)c12. The zero-order chi connectivity index (χ0) is 12.2. The summed E-state index contributed by atoms with van der Waals surface area (Å²) in [6.07, 6.45) is 1.50. The first-order valence-electron chi connectivity index (χ1n) is 5.28. The van der Waals surface area contributed by atoms with E-state index in [2.05, 4.69) is 15.9 Å². The van der Waals surface area contributed by atoms with Crippen LogP contribution in [0.15, 0.2) is 38.1 Å². The lowest BCUT2D eigenvalue weighted by atomic mass is 10.2. The Hall–Kier alpha value is -1.55. The largest absolute Gasteiger partial charge is 0.428 e. The van der Waals surface area contributed by atoms with E-state index in [9.17, 15) is 4.79 Å². The maximum absolute atomic E-state index is 11.8.